The zero-order valence-corrected chi connectivity index (χ0v) is 18.1. The van der Waals surface area contributed by atoms with Gasteiger partial charge in [0, 0.05) is 23.8 Å². The van der Waals surface area contributed by atoms with Crippen LogP contribution in [0.4, 0.5) is 0 Å². The van der Waals surface area contributed by atoms with Crippen LogP contribution in [0.15, 0.2) is 28.6 Å². The minimum absolute atomic E-state index is 0.124. The third-order valence-corrected chi connectivity index (χ3v) is 7.55. The van der Waals surface area contributed by atoms with Crippen LogP contribution in [-0.4, -0.2) is 27.0 Å². The van der Waals surface area contributed by atoms with Crippen molar-refractivity contribution in [2.75, 3.05) is 6.54 Å². The number of aryl methyl sites for hydroxylation is 3. The molecule has 0 bridgehead atoms. The Kier molecular flexibility index (Phi) is 5.13. The quantitative estimate of drug-likeness (QED) is 0.523. The number of hydrogen-bond acceptors (Lipinski definition) is 7. The molecule has 144 valence electrons. The summed E-state index contributed by atoms with van der Waals surface area (Å²) in [5, 5.41) is 6.61. The van der Waals surface area contributed by atoms with Crippen LogP contribution in [-0.2, 0) is 13.5 Å². The summed E-state index contributed by atoms with van der Waals surface area (Å²) < 4.78 is 1.43. The highest BCUT2D eigenvalue weighted by Gasteiger charge is 2.18. The normalized spacial score (nSPS) is 11.2. The molecule has 0 saturated carbocycles. The molecule has 0 aromatic carbocycles. The van der Waals surface area contributed by atoms with Crippen molar-refractivity contribution in [3.8, 4) is 10.6 Å². The number of nitrogens with one attached hydrogen (secondary N) is 1. The van der Waals surface area contributed by atoms with Crippen LogP contribution in [0, 0.1) is 13.8 Å². The molecule has 9 heteroatoms. The van der Waals surface area contributed by atoms with E-state index in [4.69, 9.17) is 0 Å². The number of carbonyl (C=O) groups excluding carboxylic acids is 1. The summed E-state index contributed by atoms with van der Waals surface area (Å²) in [5.74, 6) is -0.158. The molecule has 0 fully saturated rings. The van der Waals surface area contributed by atoms with E-state index in [9.17, 15) is 9.59 Å². The fraction of sp³-hybridized carbons (Fsp3) is 0.263. The third kappa shape index (κ3) is 3.52. The first-order valence-electron chi connectivity index (χ1n) is 8.68. The van der Waals surface area contributed by atoms with Gasteiger partial charge in [0.1, 0.15) is 4.83 Å². The van der Waals surface area contributed by atoms with E-state index in [1.54, 1.807) is 36.6 Å². The van der Waals surface area contributed by atoms with Gasteiger partial charge >= 0.3 is 0 Å². The van der Waals surface area contributed by atoms with Crippen LogP contribution in [0.5, 0.6) is 0 Å². The van der Waals surface area contributed by atoms with Crippen molar-refractivity contribution in [3.63, 3.8) is 0 Å². The summed E-state index contributed by atoms with van der Waals surface area (Å²) in [6.45, 7) is 4.34. The number of hydrogen-bond donors (Lipinski definition) is 1. The molecular weight excluding hydrogens is 412 g/mol. The minimum Gasteiger partial charge on any atom is -0.351 e. The molecule has 0 unspecified atom stereocenters. The zero-order chi connectivity index (χ0) is 19.8. The van der Waals surface area contributed by atoms with Crippen molar-refractivity contribution in [3.05, 3.63) is 54.5 Å². The first-order chi connectivity index (χ1) is 13.4. The standard InChI is InChI=1S/C19H18N4O2S3/c1-10-15-18(21-9-23(3)19(15)25)28-16(10)17(24)20-7-6-12-4-5-14(27-12)13-8-26-11(2)22-13/h4-5,8-9H,6-7H2,1-3H3,(H,20,24). The molecule has 1 N–H and O–H groups in total. The number of fused-ring (bicyclic) bond motifs is 1. The van der Waals surface area contributed by atoms with Gasteiger partial charge in [-0.05, 0) is 38.0 Å². The molecule has 6 nitrogen and oxygen atoms in total. The van der Waals surface area contributed by atoms with Gasteiger partial charge in [0.05, 0.1) is 32.2 Å². The first-order valence-corrected chi connectivity index (χ1v) is 11.2. The van der Waals surface area contributed by atoms with Crippen LogP contribution in [0.3, 0.4) is 0 Å². The molecule has 4 aromatic rings. The third-order valence-electron chi connectivity index (χ3n) is 4.41. The van der Waals surface area contributed by atoms with Crippen molar-refractivity contribution in [1.82, 2.24) is 19.9 Å². The molecule has 4 aromatic heterocycles. The molecule has 0 aliphatic rings. The number of nitrogens with zero attached hydrogens (tertiary/aromatic N) is 3. The topological polar surface area (TPSA) is 76.9 Å². The number of aromatic nitrogens is 3. The van der Waals surface area contributed by atoms with E-state index in [2.05, 4.69) is 32.8 Å². The molecule has 0 radical (unpaired) electrons. The molecule has 28 heavy (non-hydrogen) atoms. The lowest BCUT2D eigenvalue weighted by atomic mass is 10.2. The highest BCUT2D eigenvalue weighted by Crippen LogP contribution is 2.29. The van der Waals surface area contributed by atoms with Crippen LogP contribution in [0.1, 0.15) is 25.1 Å². The summed E-state index contributed by atoms with van der Waals surface area (Å²) in [7, 11) is 1.66. The molecule has 0 spiro atoms. The Bertz CT molecular complexity index is 1230. The number of thiophene rings is 2. The Morgan fingerprint density at radius 1 is 1.25 bits per heavy atom. The second-order valence-electron chi connectivity index (χ2n) is 6.42. The van der Waals surface area contributed by atoms with Crippen LogP contribution in [0.2, 0.25) is 0 Å². The second-order valence-corrected chi connectivity index (χ2v) is 9.65. The van der Waals surface area contributed by atoms with Gasteiger partial charge in [-0.1, -0.05) is 0 Å². The predicted molar refractivity (Wildman–Crippen MR) is 116 cm³/mol. The predicted octanol–water partition coefficient (Wildman–Crippen LogP) is 3.77. The molecule has 0 aliphatic heterocycles. The monoisotopic (exact) mass is 430 g/mol. The van der Waals surface area contributed by atoms with Crippen molar-refractivity contribution in [2.24, 2.45) is 7.05 Å². The van der Waals surface area contributed by atoms with Crippen molar-refractivity contribution < 1.29 is 4.79 Å². The Hall–Kier alpha value is -2.36. The van der Waals surface area contributed by atoms with Gasteiger partial charge in [0.15, 0.2) is 0 Å². The molecule has 0 atom stereocenters. The fourth-order valence-corrected chi connectivity index (χ4v) is 5.64. The molecule has 4 heterocycles. The number of rotatable bonds is 5. The van der Waals surface area contributed by atoms with Crippen molar-refractivity contribution >= 4 is 50.1 Å². The van der Waals surface area contributed by atoms with E-state index >= 15 is 0 Å². The van der Waals surface area contributed by atoms with Gasteiger partial charge < -0.3 is 9.88 Å². The summed E-state index contributed by atoms with van der Waals surface area (Å²) in [6, 6.07) is 4.16. The summed E-state index contributed by atoms with van der Waals surface area (Å²) >= 11 is 4.61. The van der Waals surface area contributed by atoms with Crippen LogP contribution in [0.25, 0.3) is 20.8 Å². The summed E-state index contributed by atoms with van der Waals surface area (Å²) in [6.07, 6.45) is 2.24. The maximum atomic E-state index is 12.6. The second kappa shape index (κ2) is 7.57. The van der Waals surface area contributed by atoms with Crippen molar-refractivity contribution in [1.29, 1.82) is 0 Å². The SMILES string of the molecule is Cc1nc(-c2ccc(CCNC(=O)c3sc4ncn(C)c(=O)c4c3C)s2)cs1. The van der Waals surface area contributed by atoms with Gasteiger partial charge in [0.2, 0.25) is 0 Å². The van der Waals surface area contributed by atoms with Crippen LogP contribution < -0.4 is 10.9 Å². The van der Waals surface area contributed by atoms with Gasteiger partial charge in [-0.15, -0.1) is 34.0 Å². The highest BCUT2D eigenvalue weighted by molar-refractivity contribution is 7.20. The van der Waals surface area contributed by atoms with E-state index in [1.807, 2.05) is 6.92 Å². The van der Waals surface area contributed by atoms with E-state index in [-0.39, 0.29) is 11.5 Å². The van der Waals surface area contributed by atoms with Gasteiger partial charge in [-0.25, -0.2) is 9.97 Å². The number of thiazole rings is 1. The van der Waals surface area contributed by atoms with E-state index in [1.165, 1.54) is 27.1 Å². The molecule has 0 aliphatic carbocycles. The van der Waals surface area contributed by atoms with Gasteiger partial charge in [0.25, 0.3) is 11.5 Å². The average Bonchev–Trinajstić information content (AvgIpc) is 3.37. The Morgan fingerprint density at radius 2 is 2.07 bits per heavy atom. The summed E-state index contributed by atoms with van der Waals surface area (Å²) in [4.78, 5) is 37.2. The lowest BCUT2D eigenvalue weighted by molar-refractivity contribution is 0.0958. The molecule has 1 amide bonds. The largest absolute Gasteiger partial charge is 0.351 e. The number of carbonyl (C=O) groups is 1. The lowest BCUT2D eigenvalue weighted by Crippen LogP contribution is -2.25. The van der Waals surface area contributed by atoms with E-state index < -0.39 is 0 Å². The van der Waals surface area contributed by atoms with Crippen molar-refractivity contribution in [2.45, 2.75) is 20.3 Å². The molecule has 4 rings (SSSR count). The Morgan fingerprint density at radius 3 is 2.82 bits per heavy atom. The molecule has 0 saturated heterocycles. The first kappa shape index (κ1) is 19.0. The molecular formula is C19H18N4O2S3. The lowest BCUT2D eigenvalue weighted by Gasteiger charge is -2.03. The maximum absolute atomic E-state index is 12.6. The van der Waals surface area contributed by atoms with Crippen LogP contribution >= 0.6 is 34.0 Å². The Balaban J connectivity index is 1.43. The minimum atomic E-state index is -0.158. The summed E-state index contributed by atoms with van der Waals surface area (Å²) in [5.41, 5.74) is 1.59. The fourth-order valence-electron chi connectivity index (χ4n) is 2.93. The average molecular weight is 431 g/mol. The highest BCUT2D eigenvalue weighted by atomic mass is 32.1. The van der Waals surface area contributed by atoms with E-state index in [0.29, 0.717) is 27.2 Å². The number of amides is 1. The van der Waals surface area contributed by atoms with E-state index in [0.717, 1.165) is 22.0 Å². The van der Waals surface area contributed by atoms with Gasteiger partial charge in [-0.3, -0.25) is 9.59 Å². The zero-order valence-electron chi connectivity index (χ0n) is 15.6. The Labute approximate surface area is 173 Å². The van der Waals surface area contributed by atoms with Gasteiger partial charge in [-0.2, -0.15) is 0 Å². The maximum Gasteiger partial charge on any atom is 0.262 e. The smallest absolute Gasteiger partial charge is 0.262 e.